The Kier molecular flexibility index (Phi) is 6.26. The van der Waals surface area contributed by atoms with E-state index >= 15 is 0 Å². The molecule has 2 aromatic rings. The Balaban J connectivity index is 1.39. The molecule has 32 heavy (non-hydrogen) atoms. The first-order chi connectivity index (χ1) is 15.4. The summed E-state index contributed by atoms with van der Waals surface area (Å²) in [5.41, 5.74) is 1.85. The first-order valence-corrected chi connectivity index (χ1v) is 12.0. The normalized spacial score (nSPS) is 17.4. The first-order valence-electron chi connectivity index (χ1n) is 10.5. The zero-order valence-electron chi connectivity index (χ0n) is 17.6. The number of nitrogens with zero attached hydrogens (tertiary/aromatic N) is 4. The van der Waals surface area contributed by atoms with Crippen molar-refractivity contribution in [3.05, 3.63) is 65.2 Å². The van der Waals surface area contributed by atoms with Crippen LogP contribution in [-0.4, -0.2) is 67.1 Å². The molecule has 0 aliphatic carbocycles. The molecule has 0 radical (unpaired) electrons. The largest absolute Gasteiger partial charge is 0.338 e. The van der Waals surface area contributed by atoms with Crippen LogP contribution in [0.5, 0.6) is 0 Å². The summed E-state index contributed by atoms with van der Waals surface area (Å²) in [6.07, 6.45) is 1.45. The molecule has 2 aliphatic rings. The van der Waals surface area contributed by atoms with Crippen LogP contribution < -0.4 is 0 Å². The highest BCUT2D eigenvalue weighted by Gasteiger charge is 2.30. The highest BCUT2D eigenvalue weighted by Crippen LogP contribution is 2.20. The van der Waals surface area contributed by atoms with Crippen LogP contribution in [0.2, 0.25) is 0 Å². The maximum atomic E-state index is 13.0. The maximum Gasteiger partial charge on any atom is 0.253 e. The predicted octanol–water partition coefficient (Wildman–Crippen LogP) is 1.83. The van der Waals surface area contributed by atoms with Crippen molar-refractivity contribution >= 4 is 21.8 Å². The number of benzene rings is 2. The van der Waals surface area contributed by atoms with E-state index in [0.29, 0.717) is 37.2 Å². The highest BCUT2D eigenvalue weighted by atomic mass is 32.2. The van der Waals surface area contributed by atoms with Crippen LogP contribution >= 0.6 is 0 Å². The molecule has 0 N–H and O–H groups in total. The van der Waals surface area contributed by atoms with Crippen LogP contribution in [0.15, 0.2) is 53.4 Å². The predicted molar refractivity (Wildman–Crippen MR) is 117 cm³/mol. The fourth-order valence-corrected chi connectivity index (χ4v) is 5.48. The first kappa shape index (κ1) is 22.0. The van der Waals surface area contributed by atoms with Crippen LogP contribution in [0.4, 0.5) is 0 Å². The maximum absolute atomic E-state index is 13.0. The molecule has 0 unspecified atom stereocenters. The van der Waals surface area contributed by atoms with Crippen LogP contribution in [0.3, 0.4) is 0 Å². The van der Waals surface area contributed by atoms with Gasteiger partial charge in [0.2, 0.25) is 15.9 Å². The monoisotopic (exact) mass is 452 g/mol. The summed E-state index contributed by atoms with van der Waals surface area (Å²) in [4.78, 5) is 28.5. The highest BCUT2D eigenvalue weighted by molar-refractivity contribution is 7.89. The van der Waals surface area contributed by atoms with Crippen molar-refractivity contribution in [3.63, 3.8) is 0 Å². The lowest BCUT2D eigenvalue weighted by atomic mass is 10.1. The summed E-state index contributed by atoms with van der Waals surface area (Å²) in [6.45, 7) is 2.24. The Morgan fingerprint density at radius 2 is 1.72 bits per heavy atom. The number of hydrogen-bond donors (Lipinski definition) is 0. The molecule has 8 nitrogen and oxygen atoms in total. The minimum Gasteiger partial charge on any atom is -0.338 e. The second-order valence-electron chi connectivity index (χ2n) is 7.95. The summed E-state index contributed by atoms with van der Waals surface area (Å²) >= 11 is 0. The molecule has 0 bridgehead atoms. The Morgan fingerprint density at radius 1 is 1.00 bits per heavy atom. The average Bonchev–Trinajstić information content (AvgIpc) is 3.23. The summed E-state index contributed by atoms with van der Waals surface area (Å²) in [5.74, 6) is -0.00339. The average molecular weight is 453 g/mol. The van der Waals surface area contributed by atoms with Gasteiger partial charge in [0.15, 0.2) is 0 Å². The van der Waals surface area contributed by atoms with Crippen molar-refractivity contribution < 1.29 is 18.0 Å². The van der Waals surface area contributed by atoms with Gasteiger partial charge in [-0.05, 0) is 48.4 Å². The molecular weight excluding hydrogens is 428 g/mol. The SMILES string of the molecule is N#Cc1ccc(S(=O)(=O)N2CCN(C(=O)c3cccc(CN4CCCC4=O)c3)CC2)cc1. The van der Waals surface area contributed by atoms with E-state index in [4.69, 9.17) is 5.26 Å². The summed E-state index contributed by atoms with van der Waals surface area (Å²) in [7, 11) is -3.68. The van der Waals surface area contributed by atoms with Crippen LogP contribution in [0, 0.1) is 11.3 Å². The van der Waals surface area contributed by atoms with E-state index in [1.54, 1.807) is 15.9 Å². The fourth-order valence-electron chi connectivity index (χ4n) is 4.06. The molecule has 166 valence electrons. The summed E-state index contributed by atoms with van der Waals surface area (Å²) in [6, 6.07) is 15.1. The van der Waals surface area contributed by atoms with Crippen molar-refractivity contribution in [3.8, 4) is 6.07 Å². The standard InChI is InChI=1S/C23H24N4O4S/c24-16-18-6-8-21(9-7-18)32(30,31)27-13-11-25(12-14-27)23(29)20-4-1-3-19(15-20)17-26-10-2-5-22(26)28/h1,3-4,6-9,15H,2,5,10-14,17H2. The molecule has 2 saturated heterocycles. The third-order valence-corrected chi connectivity index (χ3v) is 7.78. The zero-order valence-corrected chi connectivity index (χ0v) is 18.4. The fraction of sp³-hybridized carbons (Fsp3) is 0.348. The van der Waals surface area contributed by atoms with Crippen molar-refractivity contribution in [1.82, 2.24) is 14.1 Å². The Hall–Kier alpha value is -3.22. The number of amides is 2. The van der Waals surface area contributed by atoms with Crippen LogP contribution in [0.25, 0.3) is 0 Å². The van der Waals surface area contributed by atoms with Gasteiger partial charge < -0.3 is 9.80 Å². The van der Waals surface area contributed by atoms with E-state index in [1.165, 1.54) is 28.6 Å². The number of sulfonamides is 1. The van der Waals surface area contributed by atoms with Gasteiger partial charge in [0.05, 0.1) is 16.5 Å². The quantitative estimate of drug-likeness (QED) is 0.689. The smallest absolute Gasteiger partial charge is 0.253 e. The van der Waals surface area contributed by atoms with Gasteiger partial charge in [0.1, 0.15) is 0 Å². The zero-order chi connectivity index (χ0) is 22.7. The van der Waals surface area contributed by atoms with Gasteiger partial charge in [-0.15, -0.1) is 0 Å². The molecule has 2 aliphatic heterocycles. The van der Waals surface area contributed by atoms with Crippen molar-refractivity contribution in [2.24, 2.45) is 0 Å². The third-order valence-electron chi connectivity index (χ3n) is 5.87. The molecule has 0 spiro atoms. The second kappa shape index (κ2) is 9.10. The molecule has 0 atom stereocenters. The van der Waals surface area contributed by atoms with Crippen molar-refractivity contribution in [2.45, 2.75) is 24.3 Å². The summed E-state index contributed by atoms with van der Waals surface area (Å²) < 4.78 is 27.1. The summed E-state index contributed by atoms with van der Waals surface area (Å²) in [5, 5.41) is 8.89. The lowest BCUT2D eigenvalue weighted by molar-refractivity contribution is -0.128. The molecular formula is C23H24N4O4S. The van der Waals surface area contributed by atoms with Crippen LogP contribution in [-0.2, 0) is 21.4 Å². The molecule has 0 aromatic heterocycles. The van der Waals surface area contributed by atoms with E-state index in [1.807, 2.05) is 24.3 Å². The Labute approximate surface area is 187 Å². The van der Waals surface area contributed by atoms with Crippen LogP contribution in [0.1, 0.15) is 34.3 Å². The Bertz CT molecular complexity index is 1160. The van der Waals surface area contributed by atoms with Gasteiger partial charge >= 0.3 is 0 Å². The lowest BCUT2D eigenvalue weighted by Gasteiger charge is -2.34. The van der Waals surface area contributed by atoms with E-state index in [2.05, 4.69) is 0 Å². The number of carbonyl (C=O) groups is 2. The molecule has 2 fully saturated rings. The van der Waals surface area contributed by atoms with E-state index in [0.717, 1.165) is 18.5 Å². The molecule has 0 saturated carbocycles. The van der Waals surface area contributed by atoms with Gasteiger partial charge in [-0.3, -0.25) is 9.59 Å². The number of rotatable bonds is 5. The van der Waals surface area contributed by atoms with Gasteiger partial charge in [-0.2, -0.15) is 9.57 Å². The van der Waals surface area contributed by atoms with E-state index < -0.39 is 10.0 Å². The van der Waals surface area contributed by atoms with Gasteiger partial charge in [0.25, 0.3) is 5.91 Å². The van der Waals surface area contributed by atoms with Gasteiger partial charge in [0, 0.05) is 51.3 Å². The topological polar surface area (TPSA) is 102 Å². The van der Waals surface area contributed by atoms with Gasteiger partial charge in [-0.1, -0.05) is 12.1 Å². The third kappa shape index (κ3) is 4.52. The minimum absolute atomic E-state index is 0.139. The number of carbonyl (C=O) groups excluding carboxylic acids is 2. The number of likely N-dealkylation sites (tertiary alicyclic amines) is 1. The van der Waals surface area contributed by atoms with E-state index in [9.17, 15) is 18.0 Å². The van der Waals surface area contributed by atoms with E-state index in [-0.39, 0.29) is 29.8 Å². The van der Waals surface area contributed by atoms with Crippen molar-refractivity contribution in [2.75, 3.05) is 32.7 Å². The van der Waals surface area contributed by atoms with Gasteiger partial charge in [-0.25, -0.2) is 8.42 Å². The minimum atomic E-state index is -3.68. The number of piperazine rings is 1. The molecule has 2 aromatic carbocycles. The lowest BCUT2D eigenvalue weighted by Crippen LogP contribution is -2.50. The Morgan fingerprint density at radius 3 is 2.34 bits per heavy atom. The number of nitriles is 1. The number of hydrogen-bond acceptors (Lipinski definition) is 5. The second-order valence-corrected chi connectivity index (χ2v) is 9.89. The molecule has 2 amide bonds. The molecule has 9 heteroatoms. The molecule has 4 rings (SSSR count). The molecule has 2 heterocycles. The van der Waals surface area contributed by atoms with Crippen molar-refractivity contribution in [1.29, 1.82) is 5.26 Å².